The molecule has 1 aliphatic carbocycles. The van der Waals surface area contributed by atoms with Gasteiger partial charge in [0.15, 0.2) is 0 Å². The van der Waals surface area contributed by atoms with E-state index in [0.717, 1.165) is 19.3 Å². The van der Waals surface area contributed by atoms with Crippen LogP contribution in [0.3, 0.4) is 0 Å². The van der Waals surface area contributed by atoms with Gasteiger partial charge in [0, 0.05) is 18.4 Å². The number of anilines is 1. The fraction of sp³-hybridized carbons (Fsp3) is 0.571. The Bertz CT molecular complexity index is 574. The predicted octanol–water partition coefficient (Wildman–Crippen LogP) is 2.60. The SMILES string of the molecule is COc1cc(F)ccc1NC1CCCC(S(C)(=O)=O)C1. The molecule has 1 N–H and O–H groups in total. The lowest BCUT2D eigenvalue weighted by atomic mass is 9.94. The van der Waals surface area contributed by atoms with E-state index >= 15 is 0 Å². The third kappa shape index (κ3) is 3.62. The van der Waals surface area contributed by atoms with E-state index in [9.17, 15) is 12.8 Å². The number of benzene rings is 1. The molecule has 0 heterocycles. The van der Waals surface area contributed by atoms with Gasteiger partial charge in [-0.05, 0) is 31.4 Å². The Labute approximate surface area is 119 Å². The molecule has 0 radical (unpaired) electrons. The molecular weight excluding hydrogens is 281 g/mol. The van der Waals surface area contributed by atoms with Crippen molar-refractivity contribution in [2.45, 2.75) is 37.0 Å². The van der Waals surface area contributed by atoms with Crippen molar-refractivity contribution in [1.29, 1.82) is 0 Å². The second-order valence-corrected chi connectivity index (χ2v) is 7.63. The third-order valence-corrected chi connectivity index (χ3v) is 5.39. The molecule has 112 valence electrons. The minimum Gasteiger partial charge on any atom is -0.494 e. The third-order valence-electron chi connectivity index (χ3n) is 3.75. The van der Waals surface area contributed by atoms with E-state index < -0.39 is 9.84 Å². The molecule has 0 aromatic heterocycles. The van der Waals surface area contributed by atoms with Gasteiger partial charge in [-0.1, -0.05) is 6.42 Å². The molecule has 6 heteroatoms. The van der Waals surface area contributed by atoms with Crippen molar-refractivity contribution in [2.24, 2.45) is 0 Å². The van der Waals surface area contributed by atoms with Crippen molar-refractivity contribution >= 4 is 15.5 Å². The summed E-state index contributed by atoms with van der Waals surface area (Å²) in [6.45, 7) is 0. The number of rotatable bonds is 4. The van der Waals surface area contributed by atoms with E-state index in [1.165, 1.54) is 25.5 Å². The number of halogens is 1. The molecule has 20 heavy (non-hydrogen) atoms. The number of methoxy groups -OCH3 is 1. The van der Waals surface area contributed by atoms with Gasteiger partial charge in [-0.2, -0.15) is 0 Å². The maximum absolute atomic E-state index is 13.1. The van der Waals surface area contributed by atoms with E-state index in [0.29, 0.717) is 17.9 Å². The summed E-state index contributed by atoms with van der Waals surface area (Å²) in [5.74, 6) is 0.0801. The molecule has 0 spiro atoms. The Morgan fingerprint density at radius 2 is 2.10 bits per heavy atom. The summed E-state index contributed by atoms with van der Waals surface area (Å²) in [6, 6.07) is 4.38. The lowest BCUT2D eigenvalue weighted by Gasteiger charge is -2.29. The molecule has 2 atom stereocenters. The lowest BCUT2D eigenvalue weighted by molar-refractivity contribution is 0.409. The monoisotopic (exact) mass is 301 g/mol. The van der Waals surface area contributed by atoms with Crippen molar-refractivity contribution in [3.8, 4) is 5.75 Å². The molecule has 2 unspecified atom stereocenters. The molecule has 0 saturated heterocycles. The van der Waals surface area contributed by atoms with E-state index in [-0.39, 0.29) is 17.1 Å². The number of nitrogens with one attached hydrogen (secondary N) is 1. The standard InChI is InChI=1S/C14H20FNO3S/c1-19-14-8-10(15)6-7-13(14)16-11-4-3-5-12(9-11)20(2,17)18/h6-8,11-12,16H,3-5,9H2,1-2H3. The first-order chi connectivity index (χ1) is 9.40. The van der Waals surface area contributed by atoms with Crippen LogP contribution >= 0.6 is 0 Å². The molecule has 1 saturated carbocycles. The highest BCUT2D eigenvalue weighted by molar-refractivity contribution is 7.91. The molecular formula is C14H20FNO3S. The summed E-state index contributed by atoms with van der Waals surface area (Å²) in [4.78, 5) is 0. The second-order valence-electron chi connectivity index (χ2n) is 5.30. The van der Waals surface area contributed by atoms with Gasteiger partial charge in [0.25, 0.3) is 0 Å². The highest BCUT2D eigenvalue weighted by Gasteiger charge is 2.29. The molecule has 0 aliphatic heterocycles. The Hall–Kier alpha value is -1.30. The summed E-state index contributed by atoms with van der Waals surface area (Å²) in [5.41, 5.74) is 0.702. The quantitative estimate of drug-likeness (QED) is 0.929. The van der Waals surface area contributed by atoms with Crippen molar-refractivity contribution in [3.05, 3.63) is 24.0 Å². The molecule has 1 aliphatic rings. The molecule has 4 nitrogen and oxygen atoms in total. The summed E-state index contributed by atoms with van der Waals surface area (Å²) < 4.78 is 41.6. The molecule has 2 rings (SSSR count). The Morgan fingerprint density at radius 3 is 2.75 bits per heavy atom. The van der Waals surface area contributed by atoms with Crippen LogP contribution in [0.5, 0.6) is 5.75 Å². The number of ether oxygens (including phenoxy) is 1. The largest absolute Gasteiger partial charge is 0.494 e. The summed E-state index contributed by atoms with van der Waals surface area (Å²) in [5, 5.41) is 2.98. The van der Waals surface area contributed by atoms with Gasteiger partial charge in [-0.3, -0.25) is 0 Å². The average molecular weight is 301 g/mol. The minimum absolute atomic E-state index is 0.0721. The Morgan fingerprint density at radius 1 is 1.35 bits per heavy atom. The number of hydrogen-bond acceptors (Lipinski definition) is 4. The Kier molecular flexibility index (Phi) is 4.52. The molecule has 0 bridgehead atoms. The highest BCUT2D eigenvalue weighted by Crippen LogP contribution is 2.30. The van der Waals surface area contributed by atoms with E-state index in [1.54, 1.807) is 6.07 Å². The normalized spacial score (nSPS) is 23.4. The maximum Gasteiger partial charge on any atom is 0.150 e. The maximum atomic E-state index is 13.1. The van der Waals surface area contributed by atoms with Crippen LogP contribution in [-0.2, 0) is 9.84 Å². The van der Waals surface area contributed by atoms with Gasteiger partial charge in [-0.25, -0.2) is 12.8 Å². The zero-order valence-electron chi connectivity index (χ0n) is 11.7. The minimum atomic E-state index is -3.00. The van der Waals surface area contributed by atoms with Gasteiger partial charge in [0.2, 0.25) is 0 Å². The molecule has 1 aromatic rings. The first kappa shape index (κ1) is 15.1. The van der Waals surface area contributed by atoms with Crippen molar-refractivity contribution in [1.82, 2.24) is 0 Å². The highest BCUT2D eigenvalue weighted by atomic mass is 32.2. The van der Waals surface area contributed by atoms with Crippen LogP contribution in [0, 0.1) is 5.82 Å². The van der Waals surface area contributed by atoms with Gasteiger partial charge >= 0.3 is 0 Å². The second kappa shape index (κ2) is 5.99. The topological polar surface area (TPSA) is 55.4 Å². The van der Waals surface area contributed by atoms with Gasteiger partial charge in [0.1, 0.15) is 21.4 Å². The zero-order chi connectivity index (χ0) is 14.8. The van der Waals surface area contributed by atoms with Crippen molar-refractivity contribution < 1.29 is 17.5 Å². The molecule has 1 fully saturated rings. The van der Waals surface area contributed by atoms with Crippen LogP contribution in [0.25, 0.3) is 0 Å². The van der Waals surface area contributed by atoms with Gasteiger partial charge in [-0.15, -0.1) is 0 Å². The smallest absolute Gasteiger partial charge is 0.150 e. The average Bonchev–Trinajstić information content (AvgIpc) is 2.40. The Balaban J connectivity index is 2.10. The van der Waals surface area contributed by atoms with Crippen LogP contribution < -0.4 is 10.1 Å². The van der Waals surface area contributed by atoms with Crippen LogP contribution in [-0.4, -0.2) is 33.1 Å². The summed E-state index contributed by atoms with van der Waals surface area (Å²) >= 11 is 0. The predicted molar refractivity (Wildman–Crippen MR) is 77.5 cm³/mol. The fourth-order valence-electron chi connectivity index (χ4n) is 2.67. The van der Waals surface area contributed by atoms with Crippen LogP contribution in [0.15, 0.2) is 18.2 Å². The van der Waals surface area contributed by atoms with E-state index in [2.05, 4.69) is 5.32 Å². The van der Waals surface area contributed by atoms with E-state index in [4.69, 9.17) is 4.74 Å². The fourth-order valence-corrected chi connectivity index (χ4v) is 3.85. The molecule has 1 aromatic carbocycles. The lowest BCUT2D eigenvalue weighted by Crippen LogP contribution is -2.34. The van der Waals surface area contributed by atoms with Crippen molar-refractivity contribution in [2.75, 3.05) is 18.7 Å². The molecule has 0 amide bonds. The zero-order valence-corrected chi connectivity index (χ0v) is 12.5. The van der Waals surface area contributed by atoms with Crippen molar-refractivity contribution in [3.63, 3.8) is 0 Å². The first-order valence-electron chi connectivity index (χ1n) is 6.69. The summed E-state index contributed by atoms with van der Waals surface area (Å²) in [7, 11) is -1.52. The van der Waals surface area contributed by atoms with E-state index in [1.807, 2.05) is 0 Å². The van der Waals surface area contributed by atoms with Gasteiger partial charge < -0.3 is 10.1 Å². The van der Waals surface area contributed by atoms with Crippen LogP contribution in [0.2, 0.25) is 0 Å². The van der Waals surface area contributed by atoms with Gasteiger partial charge in [0.05, 0.1) is 18.0 Å². The number of sulfone groups is 1. The first-order valence-corrected chi connectivity index (χ1v) is 8.64. The van der Waals surface area contributed by atoms with Crippen LogP contribution in [0.4, 0.5) is 10.1 Å². The number of hydrogen-bond donors (Lipinski definition) is 1. The van der Waals surface area contributed by atoms with Crippen LogP contribution in [0.1, 0.15) is 25.7 Å². The summed E-state index contributed by atoms with van der Waals surface area (Å²) in [6.07, 6.45) is 4.38.